The zero-order chi connectivity index (χ0) is 13.7. The Morgan fingerprint density at radius 1 is 1.26 bits per heavy atom. The lowest BCUT2D eigenvalue weighted by Crippen LogP contribution is -1.97. The van der Waals surface area contributed by atoms with Crippen LogP contribution in [0.3, 0.4) is 0 Å². The molecule has 0 aliphatic carbocycles. The highest BCUT2D eigenvalue weighted by Crippen LogP contribution is 2.20. The van der Waals surface area contributed by atoms with Crippen LogP contribution in [0, 0.1) is 0 Å². The van der Waals surface area contributed by atoms with E-state index in [0.29, 0.717) is 24.1 Å². The third-order valence-corrected chi connectivity index (χ3v) is 2.72. The Morgan fingerprint density at radius 3 is 2.79 bits per heavy atom. The lowest BCUT2D eigenvalue weighted by molar-refractivity contribution is 0.249. The first kappa shape index (κ1) is 13.5. The largest absolute Gasteiger partial charge is 0.484 e. The van der Waals surface area contributed by atoms with Crippen LogP contribution in [-0.2, 0) is 13.0 Å². The Labute approximate surface area is 112 Å². The summed E-state index contributed by atoms with van der Waals surface area (Å²) in [6.07, 6.45) is 0.371. The first-order chi connectivity index (χ1) is 9.19. The maximum absolute atomic E-state index is 8.76. The lowest BCUT2D eigenvalue weighted by atomic mass is 10.0. The molecule has 1 aromatic heterocycles. The van der Waals surface area contributed by atoms with E-state index < -0.39 is 0 Å². The topological polar surface area (TPSA) is 68.4 Å². The second-order valence-corrected chi connectivity index (χ2v) is 4.58. The average Bonchev–Trinajstić information content (AvgIpc) is 2.85. The highest BCUT2D eigenvalue weighted by Gasteiger charge is 2.07. The van der Waals surface area contributed by atoms with E-state index in [-0.39, 0.29) is 13.2 Å². The molecule has 2 aromatic rings. The molecule has 0 saturated carbocycles. The minimum Gasteiger partial charge on any atom is -0.484 e. The number of aliphatic hydroxyl groups excluding tert-OH is 1. The molecule has 5 nitrogen and oxygen atoms in total. The van der Waals surface area contributed by atoms with Gasteiger partial charge in [0, 0.05) is 6.42 Å². The van der Waals surface area contributed by atoms with E-state index in [2.05, 4.69) is 30.1 Å². The molecule has 1 N–H and O–H groups in total. The van der Waals surface area contributed by atoms with E-state index in [1.165, 1.54) is 5.56 Å². The zero-order valence-corrected chi connectivity index (χ0v) is 11.2. The van der Waals surface area contributed by atoms with Crippen molar-refractivity contribution in [2.24, 2.45) is 0 Å². The highest BCUT2D eigenvalue weighted by atomic mass is 16.5. The molecule has 5 heteroatoms. The Balaban J connectivity index is 1.95. The minimum absolute atomic E-state index is 0.00107. The van der Waals surface area contributed by atoms with Crippen LogP contribution < -0.4 is 4.74 Å². The number of ether oxygens (including phenoxy) is 1. The number of hydrogen-bond donors (Lipinski definition) is 1. The second-order valence-electron chi connectivity index (χ2n) is 4.58. The summed E-state index contributed by atoms with van der Waals surface area (Å²) in [4.78, 5) is 0. The van der Waals surface area contributed by atoms with Gasteiger partial charge in [-0.3, -0.25) is 0 Å². The van der Waals surface area contributed by atoms with E-state index in [9.17, 15) is 0 Å². The third-order valence-electron chi connectivity index (χ3n) is 2.72. The van der Waals surface area contributed by atoms with Crippen molar-refractivity contribution in [3.63, 3.8) is 0 Å². The molecule has 0 aliphatic rings. The van der Waals surface area contributed by atoms with Gasteiger partial charge in [0.05, 0.1) is 6.61 Å². The van der Waals surface area contributed by atoms with Gasteiger partial charge in [-0.25, -0.2) is 0 Å². The van der Waals surface area contributed by atoms with E-state index >= 15 is 0 Å². The number of aliphatic hydroxyl groups is 1. The van der Waals surface area contributed by atoms with Crippen LogP contribution in [0.5, 0.6) is 5.75 Å². The molecule has 0 spiro atoms. The molecule has 1 aromatic carbocycles. The molecule has 1 heterocycles. The molecule has 0 fully saturated rings. The SMILES string of the molecule is CC(C)c1cccc(OCc2nnc(CCO)o2)c1. The lowest BCUT2D eigenvalue weighted by Gasteiger charge is -2.08. The minimum atomic E-state index is -0.00107. The number of rotatable bonds is 6. The Bertz CT molecular complexity index is 523. The maximum atomic E-state index is 8.76. The molecule has 2 rings (SSSR count). The number of hydrogen-bond acceptors (Lipinski definition) is 5. The molecule has 0 unspecified atom stereocenters. The first-order valence-electron chi connectivity index (χ1n) is 6.34. The standard InChI is InChI=1S/C14H18N2O3/c1-10(2)11-4-3-5-12(8-11)18-9-14-16-15-13(19-14)6-7-17/h3-5,8,10,17H,6-7,9H2,1-2H3. The zero-order valence-electron chi connectivity index (χ0n) is 11.2. The van der Waals surface area contributed by atoms with Crippen LogP contribution in [0.2, 0.25) is 0 Å². The summed E-state index contributed by atoms with van der Waals surface area (Å²) in [6, 6.07) is 7.95. The summed E-state index contributed by atoms with van der Waals surface area (Å²) in [7, 11) is 0. The predicted octanol–water partition coefficient (Wildman–Crippen LogP) is 2.31. The quantitative estimate of drug-likeness (QED) is 0.865. The predicted molar refractivity (Wildman–Crippen MR) is 70.0 cm³/mol. The average molecular weight is 262 g/mol. The highest BCUT2D eigenvalue weighted by molar-refractivity contribution is 5.30. The van der Waals surface area contributed by atoms with Gasteiger partial charge in [-0.15, -0.1) is 10.2 Å². The van der Waals surface area contributed by atoms with Crippen molar-refractivity contribution in [3.05, 3.63) is 41.6 Å². The Kier molecular flexibility index (Phi) is 4.52. The van der Waals surface area contributed by atoms with Gasteiger partial charge in [0.25, 0.3) is 5.89 Å². The molecular formula is C14H18N2O3. The second kappa shape index (κ2) is 6.33. The van der Waals surface area contributed by atoms with Crippen LogP contribution in [0.25, 0.3) is 0 Å². The molecule has 0 radical (unpaired) electrons. The smallest absolute Gasteiger partial charge is 0.253 e. The fourth-order valence-electron chi connectivity index (χ4n) is 1.65. The summed E-state index contributed by atoms with van der Waals surface area (Å²) in [5, 5.41) is 16.4. The van der Waals surface area contributed by atoms with Crippen molar-refractivity contribution in [3.8, 4) is 5.75 Å². The van der Waals surface area contributed by atoms with Crippen LogP contribution >= 0.6 is 0 Å². The van der Waals surface area contributed by atoms with Gasteiger partial charge < -0.3 is 14.3 Å². The van der Waals surface area contributed by atoms with Gasteiger partial charge >= 0.3 is 0 Å². The van der Waals surface area contributed by atoms with Crippen molar-refractivity contribution < 1.29 is 14.3 Å². The number of aromatic nitrogens is 2. The van der Waals surface area contributed by atoms with Gasteiger partial charge in [-0.05, 0) is 23.6 Å². The normalized spacial score (nSPS) is 10.9. The van der Waals surface area contributed by atoms with Crippen LogP contribution in [0.4, 0.5) is 0 Å². The molecule has 19 heavy (non-hydrogen) atoms. The molecule has 0 amide bonds. The van der Waals surface area contributed by atoms with Crippen LogP contribution in [-0.4, -0.2) is 21.9 Å². The van der Waals surface area contributed by atoms with Gasteiger partial charge in [0.15, 0.2) is 6.61 Å². The fourth-order valence-corrected chi connectivity index (χ4v) is 1.65. The summed E-state index contributed by atoms with van der Waals surface area (Å²) >= 11 is 0. The molecule has 0 atom stereocenters. The summed E-state index contributed by atoms with van der Waals surface area (Å²) in [5.41, 5.74) is 1.23. The third kappa shape index (κ3) is 3.79. The monoisotopic (exact) mass is 262 g/mol. The number of benzene rings is 1. The van der Waals surface area contributed by atoms with Crippen LogP contribution in [0.1, 0.15) is 37.1 Å². The molecule has 102 valence electrons. The van der Waals surface area contributed by atoms with E-state index in [1.807, 2.05) is 18.2 Å². The van der Waals surface area contributed by atoms with Gasteiger partial charge in [-0.2, -0.15) is 0 Å². The Hall–Kier alpha value is -1.88. The molecule has 0 bridgehead atoms. The van der Waals surface area contributed by atoms with Crippen molar-refractivity contribution in [1.82, 2.24) is 10.2 Å². The summed E-state index contributed by atoms with van der Waals surface area (Å²) in [5.74, 6) is 2.09. The maximum Gasteiger partial charge on any atom is 0.253 e. The first-order valence-corrected chi connectivity index (χ1v) is 6.34. The van der Waals surface area contributed by atoms with Gasteiger partial charge in [-0.1, -0.05) is 26.0 Å². The van der Waals surface area contributed by atoms with E-state index in [1.54, 1.807) is 0 Å². The van der Waals surface area contributed by atoms with Crippen LogP contribution in [0.15, 0.2) is 28.7 Å². The molecule has 0 aliphatic heterocycles. The van der Waals surface area contributed by atoms with Gasteiger partial charge in [0.2, 0.25) is 5.89 Å². The van der Waals surface area contributed by atoms with E-state index in [0.717, 1.165) is 5.75 Å². The number of nitrogens with zero attached hydrogens (tertiary/aromatic N) is 2. The fraction of sp³-hybridized carbons (Fsp3) is 0.429. The van der Waals surface area contributed by atoms with Crippen molar-refractivity contribution >= 4 is 0 Å². The molecular weight excluding hydrogens is 244 g/mol. The van der Waals surface area contributed by atoms with Crippen molar-refractivity contribution in [2.45, 2.75) is 32.8 Å². The van der Waals surface area contributed by atoms with Crippen molar-refractivity contribution in [2.75, 3.05) is 6.61 Å². The van der Waals surface area contributed by atoms with Crippen molar-refractivity contribution in [1.29, 1.82) is 0 Å². The Morgan fingerprint density at radius 2 is 2.05 bits per heavy atom. The van der Waals surface area contributed by atoms with Gasteiger partial charge in [0.1, 0.15) is 5.75 Å². The summed E-state index contributed by atoms with van der Waals surface area (Å²) in [6.45, 7) is 4.51. The summed E-state index contributed by atoms with van der Waals surface area (Å²) < 4.78 is 10.9. The van der Waals surface area contributed by atoms with E-state index in [4.69, 9.17) is 14.3 Å². The molecule has 0 saturated heterocycles.